The van der Waals surface area contributed by atoms with Gasteiger partial charge in [0.05, 0.1) is 18.1 Å². The molecule has 0 atom stereocenters. The van der Waals surface area contributed by atoms with E-state index in [9.17, 15) is 14.9 Å². The maximum Gasteiger partial charge on any atom is 0.269 e. The predicted octanol–water partition coefficient (Wildman–Crippen LogP) is 2.96. The molecule has 7 heteroatoms. The van der Waals surface area contributed by atoms with Crippen molar-refractivity contribution in [3.8, 4) is 5.75 Å². The highest BCUT2D eigenvalue weighted by molar-refractivity contribution is 5.94. The molecule has 1 amide bonds. The first-order valence-electron chi connectivity index (χ1n) is 8.35. The van der Waals surface area contributed by atoms with Gasteiger partial charge < -0.3 is 9.64 Å². The Balaban J connectivity index is 1.74. The summed E-state index contributed by atoms with van der Waals surface area (Å²) in [6.45, 7) is 1.58. The minimum Gasteiger partial charge on any atom is -0.494 e. The molecule has 2 aromatic carbocycles. The third-order valence-electron chi connectivity index (χ3n) is 3.92. The first-order chi connectivity index (χ1) is 12.5. The summed E-state index contributed by atoms with van der Waals surface area (Å²) in [7, 11) is 3.54. The Hall–Kier alpha value is -2.93. The van der Waals surface area contributed by atoms with E-state index in [1.807, 2.05) is 42.3 Å². The van der Waals surface area contributed by atoms with Gasteiger partial charge in [0.25, 0.3) is 5.69 Å². The third-order valence-corrected chi connectivity index (χ3v) is 3.92. The number of non-ortho nitro benzene ring substituents is 1. The molecule has 0 heterocycles. The molecule has 0 aliphatic heterocycles. The molecular formula is C19H23N3O4. The Labute approximate surface area is 152 Å². The Morgan fingerprint density at radius 2 is 1.73 bits per heavy atom. The van der Waals surface area contributed by atoms with E-state index in [0.29, 0.717) is 12.3 Å². The molecule has 0 aliphatic carbocycles. The van der Waals surface area contributed by atoms with E-state index < -0.39 is 4.92 Å². The lowest BCUT2D eigenvalue weighted by molar-refractivity contribution is -0.384. The minimum atomic E-state index is -0.461. The molecule has 0 radical (unpaired) electrons. The Morgan fingerprint density at radius 1 is 1.08 bits per heavy atom. The minimum absolute atomic E-state index is 0.00475. The number of amides is 1. The lowest BCUT2D eigenvalue weighted by Crippen LogP contribution is -2.37. The molecule has 0 aromatic heterocycles. The van der Waals surface area contributed by atoms with Crippen LogP contribution >= 0.6 is 0 Å². The van der Waals surface area contributed by atoms with E-state index in [-0.39, 0.29) is 18.1 Å². The average molecular weight is 357 g/mol. The van der Waals surface area contributed by atoms with Crippen LogP contribution in [0.5, 0.6) is 5.75 Å². The molecule has 0 N–H and O–H groups in total. The SMILES string of the molecule is CN(CCCOc1ccccc1)CC(=O)N(C)c1ccc([N+](=O)[O-])cc1. The molecule has 0 bridgehead atoms. The van der Waals surface area contributed by atoms with E-state index in [0.717, 1.165) is 18.7 Å². The van der Waals surface area contributed by atoms with Gasteiger partial charge in [-0.3, -0.25) is 19.8 Å². The number of ether oxygens (including phenoxy) is 1. The molecule has 0 aliphatic rings. The number of benzene rings is 2. The summed E-state index contributed by atoms with van der Waals surface area (Å²) in [5, 5.41) is 10.7. The van der Waals surface area contributed by atoms with Gasteiger partial charge in [-0.25, -0.2) is 0 Å². The van der Waals surface area contributed by atoms with Crippen molar-refractivity contribution in [2.45, 2.75) is 6.42 Å². The van der Waals surface area contributed by atoms with Crippen molar-refractivity contribution in [3.63, 3.8) is 0 Å². The molecule has 138 valence electrons. The second-order valence-corrected chi connectivity index (χ2v) is 5.98. The molecule has 0 saturated heterocycles. The fourth-order valence-electron chi connectivity index (χ4n) is 2.40. The highest BCUT2D eigenvalue weighted by Crippen LogP contribution is 2.18. The molecule has 2 rings (SSSR count). The summed E-state index contributed by atoms with van der Waals surface area (Å²) < 4.78 is 5.63. The molecule has 0 spiro atoms. The van der Waals surface area contributed by atoms with Crippen LogP contribution in [0, 0.1) is 10.1 Å². The van der Waals surface area contributed by atoms with Crippen molar-refractivity contribution in [1.82, 2.24) is 4.90 Å². The molecule has 7 nitrogen and oxygen atoms in total. The van der Waals surface area contributed by atoms with Crippen molar-refractivity contribution in [2.24, 2.45) is 0 Å². The van der Waals surface area contributed by atoms with Crippen LogP contribution in [0.4, 0.5) is 11.4 Å². The number of nitro benzene ring substituents is 1. The van der Waals surface area contributed by atoms with Gasteiger partial charge in [0.15, 0.2) is 0 Å². The number of hydrogen-bond acceptors (Lipinski definition) is 5. The van der Waals surface area contributed by atoms with Crippen LogP contribution in [-0.2, 0) is 4.79 Å². The fraction of sp³-hybridized carbons (Fsp3) is 0.316. The number of carbonyl (C=O) groups is 1. The number of anilines is 1. The smallest absolute Gasteiger partial charge is 0.269 e. The largest absolute Gasteiger partial charge is 0.494 e. The third kappa shape index (κ3) is 5.86. The number of hydrogen-bond donors (Lipinski definition) is 0. The van der Waals surface area contributed by atoms with Crippen LogP contribution in [0.2, 0.25) is 0 Å². The number of nitrogens with zero attached hydrogens (tertiary/aromatic N) is 3. The number of likely N-dealkylation sites (N-methyl/N-ethyl adjacent to an activating group) is 2. The monoisotopic (exact) mass is 357 g/mol. The van der Waals surface area contributed by atoms with E-state index >= 15 is 0 Å². The number of carbonyl (C=O) groups excluding carboxylic acids is 1. The van der Waals surface area contributed by atoms with Crippen LogP contribution in [0.1, 0.15) is 6.42 Å². The topological polar surface area (TPSA) is 75.9 Å². The summed E-state index contributed by atoms with van der Waals surface area (Å²) in [6, 6.07) is 15.5. The van der Waals surface area contributed by atoms with Crippen LogP contribution in [-0.4, -0.2) is 49.5 Å². The van der Waals surface area contributed by atoms with Crippen molar-refractivity contribution in [2.75, 3.05) is 38.7 Å². The first-order valence-corrected chi connectivity index (χ1v) is 8.35. The molecule has 2 aromatic rings. The van der Waals surface area contributed by atoms with Gasteiger partial charge in [0.1, 0.15) is 5.75 Å². The lowest BCUT2D eigenvalue weighted by Gasteiger charge is -2.22. The van der Waals surface area contributed by atoms with Gasteiger partial charge >= 0.3 is 0 Å². The maximum atomic E-state index is 12.3. The Morgan fingerprint density at radius 3 is 2.35 bits per heavy atom. The van der Waals surface area contributed by atoms with E-state index in [2.05, 4.69) is 0 Å². The average Bonchev–Trinajstić information content (AvgIpc) is 2.65. The number of rotatable bonds is 9. The van der Waals surface area contributed by atoms with E-state index in [1.165, 1.54) is 17.0 Å². The zero-order chi connectivity index (χ0) is 18.9. The molecular weight excluding hydrogens is 334 g/mol. The van der Waals surface area contributed by atoms with Gasteiger partial charge in [-0.05, 0) is 37.7 Å². The maximum absolute atomic E-state index is 12.3. The van der Waals surface area contributed by atoms with Crippen LogP contribution in [0.3, 0.4) is 0 Å². The van der Waals surface area contributed by atoms with Crippen LogP contribution in [0.25, 0.3) is 0 Å². The highest BCUT2D eigenvalue weighted by atomic mass is 16.6. The van der Waals surface area contributed by atoms with E-state index in [1.54, 1.807) is 19.2 Å². The number of para-hydroxylation sites is 1. The summed E-state index contributed by atoms with van der Waals surface area (Å²) in [4.78, 5) is 26.0. The van der Waals surface area contributed by atoms with Crippen molar-refractivity contribution in [3.05, 3.63) is 64.7 Å². The van der Waals surface area contributed by atoms with Crippen molar-refractivity contribution in [1.29, 1.82) is 0 Å². The van der Waals surface area contributed by atoms with Crippen LogP contribution < -0.4 is 9.64 Å². The molecule has 0 saturated carbocycles. The molecule has 26 heavy (non-hydrogen) atoms. The fourth-order valence-corrected chi connectivity index (χ4v) is 2.40. The van der Waals surface area contributed by atoms with Gasteiger partial charge in [-0.1, -0.05) is 18.2 Å². The molecule has 0 unspecified atom stereocenters. The predicted molar refractivity (Wildman–Crippen MR) is 101 cm³/mol. The molecule has 0 fully saturated rings. The van der Waals surface area contributed by atoms with E-state index in [4.69, 9.17) is 4.74 Å². The zero-order valence-corrected chi connectivity index (χ0v) is 15.0. The second-order valence-electron chi connectivity index (χ2n) is 5.98. The van der Waals surface area contributed by atoms with Gasteiger partial charge in [-0.2, -0.15) is 0 Å². The lowest BCUT2D eigenvalue weighted by atomic mass is 10.2. The Kier molecular flexibility index (Phi) is 7.11. The summed E-state index contributed by atoms with van der Waals surface area (Å²) in [5.41, 5.74) is 0.631. The summed E-state index contributed by atoms with van der Waals surface area (Å²) >= 11 is 0. The normalized spacial score (nSPS) is 10.6. The number of nitro groups is 1. The van der Waals surface area contributed by atoms with Gasteiger partial charge in [-0.15, -0.1) is 0 Å². The second kappa shape index (κ2) is 9.53. The summed E-state index contributed by atoms with van der Waals surface area (Å²) in [5.74, 6) is 0.759. The standard InChI is InChI=1S/C19H23N3O4/c1-20(13-6-14-26-18-7-4-3-5-8-18)15-19(23)21(2)16-9-11-17(12-10-16)22(24)25/h3-5,7-12H,6,13-15H2,1-2H3. The summed E-state index contributed by atoms with van der Waals surface area (Å²) in [6.07, 6.45) is 0.805. The zero-order valence-electron chi connectivity index (χ0n) is 15.0. The van der Waals surface area contributed by atoms with Crippen molar-refractivity contribution >= 4 is 17.3 Å². The van der Waals surface area contributed by atoms with Gasteiger partial charge in [0.2, 0.25) is 5.91 Å². The van der Waals surface area contributed by atoms with Crippen molar-refractivity contribution < 1.29 is 14.5 Å². The first kappa shape index (κ1) is 19.4. The van der Waals surface area contributed by atoms with Gasteiger partial charge in [0, 0.05) is 31.4 Å². The Bertz CT molecular complexity index is 719. The highest BCUT2D eigenvalue weighted by Gasteiger charge is 2.14. The quantitative estimate of drug-likeness (QED) is 0.392. The van der Waals surface area contributed by atoms with Crippen LogP contribution in [0.15, 0.2) is 54.6 Å².